The van der Waals surface area contributed by atoms with Crippen LogP contribution in [-0.2, 0) is 14.2 Å². The van der Waals surface area contributed by atoms with E-state index in [1.165, 1.54) is 0 Å². The Balaban J connectivity index is 0.00000364. The fourth-order valence-corrected chi connectivity index (χ4v) is 3.25. The highest BCUT2D eigenvalue weighted by Gasteiger charge is 2.28. The summed E-state index contributed by atoms with van der Waals surface area (Å²) in [6.45, 7) is 15.2. The van der Waals surface area contributed by atoms with Crippen molar-refractivity contribution in [3.8, 4) is 0 Å². The molecule has 0 saturated carbocycles. The maximum Gasteiger partial charge on any atom is 0.191 e. The summed E-state index contributed by atoms with van der Waals surface area (Å²) in [6, 6.07) is 0. The number of halogens is 1. The molecule has 2 aliphatic rings. The van der Waals surface area contributed by atoms with Gasteiger partial charge in [-0.05, 0) is 40.0 Å². The second-order valence-corrected chi connectivity index (χ2v) is 7.57. The van der Waals surface area contributed by atoms with Gasteiger partial charge in [0.2, 0.25) is 0 Å². The average molecular weight is 498 g/mol. The third-order valence-corrected chi connectivity index (χ3v) is 4.97. The molecule has 0 spiro atoms. The number of morpholine rings is 1. The molecule has 2 aliphatic heterocycles. The zero-order valence-corrected chi connectivity index (χ0v) is 19.6. The van der Waals surface area contributed by atoms with Gasteiger partial charge in [0.05, 0.1) is 25.9 Å². The topological polar surface area (TPSA) is 67.4 Å². The molecule has 2 N–H and O–H groups in total. The van der Waals surface area contributed by atoms with Crippen LogP contribution in [0.1, 0.15) is 40.0 Å². The maximum absolute atomic E-state index is 5.92. The molecule has 0 amide bonds. The molecular formula is C19H39IN4O3. The highest BCUT2D eigenvalue weighted by Crippen LogP contribution is 2.16. The minimum Gasteiger partial charge on any atom is -0.381 e. The van der Waals surface area contributed by atoms with E-state index in [1.54, 1.807) is 0 Å². The van der Waals surface area contributed by atoms with Gasteiger partial charge in [-0.25, -0.2) is 0 Å². The van der Waals surface area contributed by atoms with Crippen molar-refractivity contribution < 1.29 is 14.2 Å². The van der Waals surface area contributed by atoms with E-state index in [4.69, 9.17) is 19.2 Å². The van der Waals surface area contributed by atoms with Crippen LogP contribution in [0, 0.1) is 0 Å². The van der Waals surface area contributed by atoms with Gasteiger partial charge in [-0.1, -0.05) is 0 Å². The highest BCUT2D eigenvalue weighted by molar-refractivity contribution is 14.0. The molecule has 8 heteroatoms. The van der Waals surface area contributed by atoms with Crippen LogP contribution < -0.4 is 10.6 Å². The van der Waals surface area contributed by atoms with Crippen LogP contribution in [0.5, 0.6) is 0 Å². The van der Waals surface area contributed by atoms with Crippen molar-refractivity contribution in [2.75, 3.05) is 65.8 Å². The molecule has 0 atom stereocenters. The van der Waals surface area contributed by atoms with Gasteiger partial charge in [-0.3, -0.25) is 9.89 Å². The first-order chi connectivity index (χ1) is 12.6. The number of hydrogen-bond donors (Lipinski definition) is 2. The summed E-state index contributed by atoms with van der Waals surface area (Å²) in [5, 5.41) is 6.76. The fourth-order valence-electron chi connectivity index (χ4n) is 3.25. The number of ether oxygens (including phenoxy) is 3. The van der Waals surface area contributed by atoms with Crippen LogP contribution >= 0.6 is 24.0 Å². The zero-order valence-electron chi connectivity index (χ0n) is 17.3. The van der Waals surface area contributed by atoms with Crippen molar-refractivity contribution in [1.29, 1.82) is 0 Å². The molecule has 0 aromatic heterocycles. The zero-order chi connectivity index (χ0) is 18.7. The van der Waals surface area contributed by atoms with Crippen LogP contribution in [0.15, 0.2) is 4.99 Å². The molecule has 0 unspecified atom stereocenters. The first kappa shape index (κ1) is 24.9. The fraction of sp³-hybridized carbons (Fsp3) is 0.947. The van der Waals surface area contributed by atoms with Gasteiger partial charge in [0.15, 0.2) is 5.96 Å². The van der Waals surface area contributed by atoms with E-state index in [2.05, 4.69) is 36.3 Å². The maximum atomic E-state index is 5.92. The summed E-state index contributed by atoms with van der Waals surface area (Å²) in [5.41, 5.74) is 0.0400. The van der Waals surface area contributed by atoms with Crippen molar-refractivity contribution in [2.24, 2.45) is 4.99 Å². The van der Waals surface area contributed by atoms with E-state index in [0.29, 0.717) is 6.10 Å². The van der Waals surface area contributed by atoms with Crippen LogP contribution in [0.4, 0.5) is 0 Å². The highest BCUT2D eigenvalue weighted by atomic mass is 127. The standard InChI is InChI=1S/C19H38N4O3.HI/c1-4-20-18(21-8-5-11-26-17-6-12-24-13-7-17)22-16-19(2,3)23-9-14-25-15-10-23;/h17H,4-16H2,1-3H3,(H2,20,21,22);1H. The average Bonchev–Trinajstić information content (AvgIpc) is 2.67. The molecule has 27 heavy (non-hydrogen) atoms. The summed E-state index contributed by atoms with van der Waals surface area (Å²) < 4.78 is 16.7. The largest absolute Gasteiger partial charge is 0.381 e. The Morgan fingerprint density at radius 2 is 1.78 bits per heavy atom. The van der Waals surface area contributed by atoms with Crippen LogP contribution in [-0.4, -0.2) is 88.3 Å². The Hall–Kier alpha value is -0.160. The van der Waals surface area contributed by atoms with Crippen molar-refractivity contribution in [2.45, 2.75) is 51.7 Å². The predicted octanol–water partition coefficient (Wildman–Crippen LogP) is 1.86. The van der Waals surface area contributed by atoms with Crippen molar-refractivity contribution >= 4 is 29.9 Å². The Kier molecular flexibility index (Phi) is 12.8. The molecular weight excluding hydrogens is 459 g/mol. The first-order valence-corrected chi connectivity index (χ1v) is 10.2. The summed E-state index contributed by atoms with van der Waals surface area (Å²) in [7, 11) is 0. The van der Waals surface area contributed by atoms with Crippen LogP contribution in [0.3, 0.4) is 0 Å². The second-order valence-electron chi connectivity index (χ2n) is 7.57. The van der Waals surface area contributed by atoms with Crippen molar-refractivity contribution in [3.63, 3.8) is 0 Å². The number of nitrogens with one attached hydrogen (secondary N) is 2. The Morgan fingerprint density at radius 1 is 1.11 bits per heavy atom. The monoisotopic (exact) mass is 498 g/mol. The predicted molar refractivity (Wildman–Crippen MR) is 120 cm³/mol. The summed E-state index contributed by atoms with van der Waals surface area (Å²) >= 11 is 0. The van der Waals surface area contributed by atoms with Gasteiger partial charge in [0.1, 0.15) is 0 Å². The van der Waals surface area contributed by atoms with E-state index < -0.39 is 0 Å². The lowest BCUT2D eigenvalue weighted by molar-refractivity contribution is -0.0320. The molecule has 160 valence electrons. The van der Waals surface area contributed by atoms with Crippen molar-refractivity contribution in [1.82, 2.24) is 15.5 Å². The SMILES string of the molecule is CCNC(=NCC(C)(C)N1CCOCC1)NCCCOC1CCOCC1.I. The van der Waals surface area contributed by atoms with Gasteiger partial charge < -0.3 is 24.8 Å². The lowest BCUT2D eigenvalue weighted by Gasteiger charge is -2.39. The third kappa shape index (κ3) is 9.74. The molecule has 0 bridgehead atoms. The molecule has 0 aromatic rings. The molecule has 7 nitrogen and oxygen atoms in total. The van der Waals surface area contributed by atoms with Gasteiger partial charge in [-0.15, -0.1) is 24.0 Å². The van der Waals surface area contributed by atoms with E-state index in [-0.39, 0.29) is 29.5 Å². The lowest BCUT2D eigenvalue weighted by Crippen LogP contribution is -2.52. The second kappa shape index (κ2) is 13.9. The number of rotatable bonds is 9. The minimum absolute atomic E-state index is 0. The molecule has 2 rings (SSSR count). The Morgan fingerprint density at radius 3 is 2.44 bits per heavy atom. The van der Waals surface area contributed by atoms with Crippen molar-refractivity contribution in [3.05, 3.63) is 0 Å². The van der Waals surface area contributed by atoms with Gasteiger partial charge in [0.25, 0.3) is 0 Å². The van der Waals surface area contributed by atoms with Crippen LogP contribution in [0.2, 0.25) is 0 Å². The third-order valence-electron chi connectivity index (χ3n) is 4.97. The number of aliphatic imine (C=N–C) groups is 1. The quantitative estimate of drug-likeness (QED) is 0.219. The van der Waals surface area contributed by atoms with E-state index in [1.807, 2.05) is 0 Å². The normalized spacial score (nSPS) is 20.2. The van der Waals surface area contributed by atoms with Crippen LogP contribution in [0.25, 0.3) is 0 Å². The molecule has 0 radical (unpaired) electrons. The Bertz CT molecular complexity index is 412. The molecule has 2 fully saturated rings. The van der Waals surface area contributed by atoms with Gasteiger partial charge in [0, 0.05) is 51.5 Å². The lowest BCUT2D eigenvalue weighted by atomic mass is 10.0. The Labute approximate surface area is 182 Å². The number of guanidine groups is 1. The smallest absolute Gasteiger partial charge is 0.191 e. The van der Waals surface area contributed by atoms with Gasteiger partial charge >= 0.3 is 0 Å². The number of nitrogens with zero attached hydrogens (tertiary/aromatic N) is 2. The molecule has 2 saturated heterocycles. The molecule has 2 heterocycles. The molecule has 0 aliphatic carbocycles. The number of hydrogen-bond acceptors (Lipinski definition) is 5. The summed E-state index contributed by atoms with van der Waals surface area (Å²) in [5.74, 6) is 0.889. The van der Waals surface area contributed by atoms with E-state index in [9.17, 15) is 0 Å². The van der Waals surface area contributed by atoms with Gasteiger partial charge in [-0.2, -0.15) is 0 Å². The van der Waals surface area contributed by atoms with E-state index >= 15 is 0 Å². The van der Waals surface area contributed by atoms with E-state index in [0.717, 1.165) is 91.0 Å². The summed E-state index contributed by atoms with van der Waals surface area (Å²) in [4.78, 5) is 7.27. The minimum atomic E-state index is 0. The first-order valence-electron chi connectivity index (χ1n) is 10.2. The molecule has 0 aromatic carbocycles. The summed E-state index contributed by atoms with van der Waals surface area (Å²) in [6.07, 6.45) is 3.40.